The molecule has 0 heterocycles. The smallest absolute Gasteiger partial charge is 0.302 e. The van der Waals surface area contributed by atoms with E-state index in [0.717, 1.165) is 12.8 Å². The van der Waals surface area contributed by atoms with Gasteiger partial charge in [0.25, 0.3) is 0 Å². The van der Waals surface area contributed by atoms with Crippen LogP contribution < -0.4 is 0 Å². The zero-order valence-corrected chi connectivity index (χ0v) is 15.2. The van der Waals surface area contributed by atoms with E-state index in [1.54, 1.807) is 5.20 Å². The van der Waals surface area contributed by atoms with Crippen molar-refractivity contribution < 1.29 is 9.53 Å². The lowest BCUT2D eigenvalue weighted by molar-refractivity contribution is -0.141. The summed E-state index contributed by atoms with van der Waals surface area (Å²) in [5.41, 5.74) is 2.59. The van der Waals surface area contributed by atoms with Crippen molar-refractivity contribution in [1.82, 2.24) is 0 Å². The van der Waals surface area contributed by atoms with Crippen LogP contribution in [-0.2, 0) is 9.53 Å². The first-order chi connectivity index (χ1) is 8.02. The average Bonchev–Trinajstić information content (AvgIpc) is 2.11. The normalized spacial score (nSPS) is 13.6. The van der Waals surface area contributed by atoms with Gasteiger partial charge < -0.3 is 4.74 Å². The molecule has 0 aliphatic heterocycles. The minimum atomic E-state index is -1.19. The highest BCUT2D eigenvalue weighted by molar-refractivity contribution is 6.87. The van der Waals surface area contributed by atoms with Crippen molar-refractivity contribution in [1.29, 1.82) is 0 Å². The molecule has 0 rings (SSSR count). The Morgan fingerprint density at radius 1 is 1.06 bits per heavy atom. The number of carbonyl (C=O) groups is 1. The van der Waals surface area contributed by atoms with Crippen LogP contribution in [0.2, 0.25) is 39.3 Å². The molecule has 0 atom stereocenters. The van der Waals surface area contributed by atoms with E-state index >= 15 is 0 Å². The van der Waals surface area contributed by atoms with Crippen LogP contribution in [0.3, 0.4) is 0 Å². The second-order valence-corrected chi connectivity index (χ2v) is 17.2. The highest BCUT2D eigenvalue weighted by Gasteiger charge is 2.22. The van der Waals surface area contributed by atoms with Gasteiger partial charge in [-0.15, -0.1) is 0 Å². The fourth-order valence-electron chi connectivity index (χ4n) is 1.82. The summed E-state index contributed by atoms with van der Waals surface area (Å²) in [6.45, 7) is 16.5. The minimum Gasteiger partial charge on any atom is -0.466 e. The third-order valence-corrected chi connectivity index (χ3v) is 6.54. The Morgan fingerprint density at radius 3 is 2.00 bits per heavy atom. The molecule has 0 aromatic heterocycles. The van der Waals surface area contributed by atoms with Crippen molar-refractivity contribution in [3.63, 3.8) is 0 Å². The van der Waals surface area contributed by atoms with Gasteiger partial charge in [-0.3, -0.25) is 4.79 Å². The third kappa shape index (κ3) is 9.65. The van der Waals surface area contributed by atoms with Crippen molar-refractivity contribution in [2.45, 2.75) is 65.5 Å². The van der Waals surface area contributed by atoms with Gasteiger partial charge in [-0.1, -0.05) is 50.2 Å². The van der Waals surface area contributed by atoms with Crippen LogP contribution in [0, 0.1) is 0 Å². The van der Waals surface area contributed by atoms with Crippen LogP contribution in [0.25, 0.3) is 0 Å². The number of hydrogen-bond donors (Lipinski definition) is 0. The standard InChI is InChI=1S/C14H30O2Si2/c1-13(15)16-11-9-8-10-14(18(5,6)7)12-17(2,3)4/h12H,8-11H2,1-7H3/b14-12-. The molecule has 0 saturated carbocycles. The van der Waals surface area contributed by atoms with Crippen molar-refractivity contribution in [2.75, 3.05) is 6.61 Å². The Labute approximate surface area is 115 Å². The first kappa shape index (κ1) is 17.6. The van der Waals surface area contributed by atoms with E-state index < -0.39 is 16.1 Å². The molecule has 2 nitrogen and oxygen atoms in total. The fraction of sp³-hybridized carbons (Fsp3) is 0.786. The van der Waals surface area contributed by atoms with E-state index in [4.69, 9.17) is 4.74 Å². The molecule has 0 bridgehead atoms. The van der Waals surface area contributed by atoms with Crippen molar-refractivity contribution >= 4 is 22.1 Å². The van der Waals surface area contributed by atoms with E-state index in [0.29, 0.717) is 6.61 Å². The molecule has 0 aliphatic rings. The Bertz CT molecular complexity index is 296. The number of carbonyl (C=O) groups excluding carboxylic acids is 1. The maximum absolute atomic E-state index is 10.7. The molecule has 0 aromatic carbocycles. The molecule has 0 radical (unpaired) electrons. The summed E-state index contributed by atoms with van der Waals surface area (Å²) < 4.78 is 4.97. The zero-order valence-electron chi connectivity index (χ0n) is 13.2. The summed E-state index contributed by atoms with van der Waals surface area (Å²) in [5.74, 6) is -0.168. The summed E-state index contributed by atoms with van der Waals surface area (Å²) >= 11 is 0. The predicted molar refractivity (Wildman–Crippen MR) is 85.3 cm³/mol. The first-order valence-corrected chi connectivity index (χ1v) is 14.0. The number of allylic oxidation sites excluding steroid dienone is 1. The summed E-state index contributed by atoms with van der Waals surface area (Å²) in [5, 5.41) is 1.70. The van der Waals surface area contributed by atoms with Crippen molar-refractivity contribution in [3.8, 4) is 0 Å². The molecule has 0 saturated heterocycles. The van der Waals surface area contributed by atoms with Gasteiger partial charge in [-0.05, 0) is 19.3 Å². The molecule has 0 N–H and O–H groups in total. The maximum Gasteiger partial charge on any atom is 0.302 e. The van der Waals surface area contributed by atoms with Crippen molar-refractivity contribution in [3.05, 3.63) is 10.9 Å². The quantitative estimate of drug-likeness (QED) is 0.394. The van der Waals surface area contributed by atoms with Gasteiger partial charge in [0.1, 0.15) is 0 Å². The van der Waals surface area contributed by atoms with E-state index in [-0.39, 0.29) is 5.97 Å². The van der Waals surface area contributed by atoms with Crippen molar-refractivity contribution in [2.24, 2.45) is 0 Å². The van der Waals surface area contributed by atoms with Gasteiger partial charge in [0.2, 0.25) is 0 Å². The fourth-order valence-corrected chi connectivity index (χ4v) is 6.97. The lowest BCUT2D eigenvalue weighted by atomic mass is 10.2. The summed E-state index contributed by atoms with van der Waals surface area (Å²) in [6.07, 6.45) is 3.29. The second-order valence-electron chi connectivity index (χ2n) is 7.08. The Kier molecular flexibility index (Phi) is 7.14. The predicted octanol–water partition coefficient (Wildman–Crippen LogP) is 4.40. The minimum absolute atomic E-state index is 0.168. The van der Waals surface area contributed by atoms with E-state index in [1.165, 1.54) is 13.3 Å². The van der Waals surface area contributed by atoms with Crippen LogP contribution in [-0.4, -0.2) is 28.7 Å². The average molecular weight is 287 g/mol. The van der Waals surface area contributed by atoms with E-state index in [9.17, 15) is 4.79 Å². The van der Waals surface area contributed by atoms with Gasteiger partial charge in [0.05, 0.1) is 22.8 Å². The van der Waals surface area contributed by atoms with E-state index in [1.807, 2.05) is 0 Å². The van der Waals surface area contributed by atoms with Crippen LogP contribution in [0.15, 0.2) is 10.9 Å². The Balaban J connectivity index is 4.30. The monoisotopic (exact) mass is 286 g/mol. The molecule has 106 valence electrons. The van der Waals surface area contributed by atoms with Gasteiger partial charge >= 0.3 is 5.97 Å². The number of rotatable bonds is 7. The van der Waals surface area contributed by atoms with Gasteiger partial charge in [-0.25, -0.2) is 0 Å². The molecule has 0 aromatic rings. The molecule has 4 heteroatoms. The number of ether oxygens (including phenoxy) is 1. The number of hydrogen-bond acceptors (Lipinski definition) is 2. The lowest BCUT2D eigenvalue weighted by Gasteiger charge is -2.25. The van der Waals surface area contributed by atoms with Crippen LogP contribution in [0.1, 0.15) is 26.2 Å². The number of esters is 1. The summed E-state index contributed by atoms with van der Waals surface area (Å²) in [7, 11) is -2.32. The van der Waals surface area contributed by atoms with Crippen LogP contribution in [0.4, 0.5) is 0 Å². The Morgan fingerprint density at radius 2 is 1.61 bits per heavy atom. The molecule has 0 amide bonds. The SMILES string of the molecule is CC(=O)OCCCC/C(=C/[Si](C)(C)C)[Si](C)(C)C. The van der Waals surface area contributed by atoms with Gasteiger partial charge in [0, 0.05) is 6.92 Å². The van der Waals surface area contributed by atoms with Crippen LogP contribution in [0.5, 0.6) is 0 Å². The molecular weight excluding hydrogens is 256 g/mol. The van der Waals surface area contributed by atoms with Crippen LogP contribution >= 0.6 is 0 Å². The molecular formula is C14H30O2Si2. The van der Waals surface area contributed by atoms with Gasteiger partial charge in [0.15, 0.2) is 0 Å². The largest absolute Gasteiger partial charge is 0.466 e. The molecule has 0 aliphatic carbocycles. The third-order valence-electron chi connectivity index (χ3n) is 2.72. The lowest BCUT2D eigenvalue weighted by Crippen LogP contribution is -2.28. The number of unbranched alkanes of at least 4 members (excludes halogenated alkanes) is 1. The first-order valence-electron chi connectivity index (χ1n) is 6.88. The highest BCUT2D eigenvalue weighted by Crippen LogP contribution is 2.23. The summed E-state index contributed by atoms with van der Waals surface area (Å²) in [4.78, 5) is 10.7. The molecule has 18 heavy (non-hydrogen) atoms. The second kappa shape index (κ2) is 7.29. The van der Waals surface area contributed by atoms with E-state index in [2.05, 4.69) is 45.0 Å². The highest BCUT2D eigenvalue weighted by atomic mass is 28.3. The Hall–Kier alpha value is -0.356. The summed E-state index contributed by atoms with van der Waals surface area (Å²) in [6, 6.07) is 0. The molecule has 0 spiro atoms. The topological polar surface area (TPSA) is 26.3 Å². The molecule has 0 unspecified atom stereocenters. The zero-order chi connectivity index (χ0) is 14.4. The maximum atomic E-state index is 10.7. The molecule has 0 fully saturated rings. The van der Waals surface area contributed by atoms with Gasteiger partial charge in [-0.2, -0.15) is 0 Å².